The summed E-state index contributed by atoms with van der Waals surface area (Å²) in [4.78, 5) is 32.2. The minimum atomic E-state index is -0.501. The van der Waals surface area contributed by atoms with Crippen molar-refractivity contribution in [2.24, 2.45) is 11.8 Å². The number of likely N-dealkylation sites (tertiary alicyclic amines) is 1. The van der Waals surface area contributed by atoms with Crippen LogP contribution in [-0.2, 0) is 9.53 Å². The second kappa shape index (κ2) is 8.88. The number of piperidine rings is 1. The minimum Gasteiger partial charge on any atom is -0.452 e. The Morgan fingerprint density at radius 3 is 2.42 bits per heavy atom. The fourth-order valence-electron chi connectivity index (χ4n) is 4.38. The summed E-state index contributed by atoms with van der Waals surface area (Å²) in [7, 11) is 0. The summed E-state index contributed by atoms with van der Waals surface area (Å²) >= 11 is 0. The van der Waals surface area contributed by atoms with Gasteiger partial charge in [0, 0.05) is 24.0 Å². The van der Waals surface area contributed by atoms with Crippen LogP contribution in [-0.4, -0.2) is 41.5 Å². The van der Waals surface area contributed by atoms with Gasteiger partial charge in [-0.2, -0.15) is 0 Å². The average Bonchev–Trinajstić information content (AvgIpc) is 2.76. The number of para-hydroxylation sites is 1. The Balaban J connectivity index is 1.57. The van der Waals surface area contributed by atoms with Gasteiger partial charge in [-0.1, -0.05) is 61.9 Å². The number of benzene rings is 2. The normalized spacial score (nSPS) is 18.7. The van der Waals surface area contributed by atoms with Crippen LogP contribution in [0.3, 0.4) is 0 Å². The van der Waals surface area contributed by atoms with E-state index in [4.69, 9.17) is 9.72 Å². The van der Waals surface area contributed by atoms with Gasteiger partial charge in [0.15, 0.2) is 6.61 Å². The molecule has 0 saturated carbocycles. The fraction of sp³-hybridized carbons (Fsp3) is 0.346. The zero-order chi connectivity index (χ0) is 22.0. The van der Waals surface area contributed by atoms with Gasteiger partial charge >= 0.3 is 5.97 Å². The summed E-state index contributed by atoms with van der Waals surface area (Å²) in [5, 5.41) is 0.719. The SMILES string of the molecule is Cc1ccc(-c2cc(C(=O)OCC(=O)N3CC(C)CC(C)C3)c3ccccc3n2)cc1. The van der Waals surface area contributed by atoms with E-state index in [2.05, 4.69) is 13.8 Å². The van der Waals surface area contributed by atoms with Crippen molar-refractivity contribution in [1.29, 1.82) is 0 Å². The number of nitrogens with zero attached hydrogens (tertiary/aromatic N) is 2. The van der Waals surface area contributed by atoms with Gasteiger partial charge < -0.3 is 9.64 Å². The summed E-state index contributed by atoms with van der Waals surface area (Å²) in [5.74, 6) is 0.288. The first-order valence-corrected chi connectivity index (χ1v) is 10.8. The molecular formula is C26H28N2O3. The predicted octanol–water partition coefficient (Wildman–Crippen LogP) is 4.87. The van der Waals surface area contributed by atoms with Crippen LogP contribution < -0.4 is 0 Å². The number of ether oxygens (including phenoxy) is 1. The van der Waals surface area contributed by atoms with E-state index in [0.717, 1.165) is 41.5 Å². The number of aryl methyl sites for hydroxylation is 1. The van der Waals surface area contributed by atoms with Crippen molar-refractivity contribution >= 4 is 22.8 Å². The van der Waals surface area contributed by atoms with Gasteiger partial charge in [-0.25, -0.2) is 9.78 Å². The van der Waals surface area contributed by atoms with Crippen LogP contribution >= 0.6 is 0 Å². The maximum absolute atomic E-state index is 13.0. The lowest BCUT2D eigenvalue weighted by Gasteiger charge is -2.34. The van der Waals surface area contributed by atoms with Crippen LogP contribution in [0.25, 0.3) is 22.2 Å². The lowest BCUT2D eigenvalue weighted by atomic mass is 9.92. The highest BCUT2D eigenvalue weighted by atomic mass is 16.5. The molecule has 1 aliphatic rings. The van der Waals surface area contributed by atoms with E-state index < -0.39 is 5.97 Å². The standard InChI is InChI=1S/C26H28N2O3/c1-17-8-10-20(11-9-17)24-13-22(21-6-4-5-7-23(21)27-24)26(30)31-16-25(29)28-14-18(2)12-19(3)15-28/h4-11,13,18-19H,12,14-16H2,1-3H3. The lowest BCUT2D eigenvalue weighted by Crippen LogP contribution is -2.44. The van der Waals surface area contributed by atoms with Crippen molar-refractivity contribution < 1.29 is 14.3 Å². The van der Waals surface area contributed by atoms with Crippen molar-refractivity contribution in [2.75, 3.05) is 19.7 Å². The van der Waals surface area contributed by atoms with Gasteiger partial charge in [0.2, 0.25) is 0 Å². The van der Waals surface area contributed by atoms with E-state index in [1.54, 1.807) is 6.07 Å². The summed E-state index contributed by atoms with van der Waals surface area (Å²) in [6, 6.07) is 17.3. The molecule has 5 nitrogen and oxygen atoms in total. The van der Waals surface area contributed by atoms with Gasteiger partial charge in [-0.3, -0.25) is 4.79 Å². The number of aromatic nitrogens is 1. The second-order valence-electron chi connectivity index (χ2n) is 8.76. The number of carbonyl (C=O) groups is 2. The van der Waals surface area contributed by atoms with Crippen molar-refractivity contribution in [3.63, 3.8) is 0 Å². The van der Waals surface area contributed by atoms with Crippen molar-refractivity contribution in [2.45, 2.75) is 27.2 Å². The molecule has 1 fully saturated rings. The Morgan fingerprint density at radius 2 is 1.71 bits per heavy atom. The molecule has 2 unspecified atom stereocenters. The molecule has 1 aromatic heterocycles. The molecular weight excluding hydrogens is 388 g/mol. The molecule has 2 atom stereocenters. The molecule has 5 heteroatoms. The second-order valence-corrected chi connectivity index (χ2v) is 8.76. The molecule has 2 heterocycles. The first-order valence-electron chi connectivity index (χ1n) is 10.8. The first kappa shape index (κ1) is 21.0. The molecule has 4 rings (SSSR count). The summed E-state index contributed by atoms with van der Waals surface area (Å²) < 4.78 is 5.47. The van der Waals surface area contributed by atoms with Gasteiger partial charge in [-0.05, 0) is 37.3 Å². The van der Waals surface area contributed by atoms with Crippen molar-refractivity contribution in [1.82, 2.24) is 9.88 Å². The number of fused-ring (bicyclic) bond motifs is 1. The first-order chi connectivity index (χ1) is 14.9. The van der Waals surface area contributed by atoms with E-state index in [1.165, 1.54) is 0 Å². The summed E-state index contributed by atoms with van der Waals surface area (Å²) in [5.41, 5.74) is 3.93. The predicted molar refractivity (Wildman–Crippen MR) is 122 cm³/mol. The third-order valence-electron chi connectivity index (χ3n) is 5.83. The van der Waals surface area contributed by atoms with E-state index in [-0.39, 0.29) is 12.5 Å². The molecule has 0 N–H and O–H groups in total. The number of pyridine rings is 1. The van der Waals surface area contributed by atoms with Crippen molar-refractivity contribution in [3.8, 4) is 11.3 Å². The maximum Gasteiger partial charge on any atom is 0.339 e. The van der Waals surface area contributed by atoms with E-state index in [0.29, 0.717) is 23.1 Å². The Hall–Kier alpha value is -3.21. The average molecular weight is 417 g/mol. The molecule has 0 aliphatic carbocycles. The maximum atomic E-state index is 13.0. The highest BCUT2D eigenvalue weighted by Crippen LogP contribution is 2.26. The number of hydrogen-bond acceptors (Lipinski definition) is 4. The lowest BCUT2D eigenvalue weighted by molar-refractivity contribution is -0.137. The molecule has 1 amide bonds. The minimum absolute atomic E-state index is 0.135. The van der Waals surface area contributed by atoms with Gasteiger partial charge in [0.1, 0.15) is 0 Å². The number of hydrogen-bond donors (Lipinski definition) is 0. The monoisotopic (exact) mass is 416 g/mol. The third-order valence-corrected chi connectivity index (χ3v) is 5.83. The molecule has 160 valence electrons. The molecule has 2 aromatic carbocycles. The number of esters is 1. The van der Waals surface area contributed by atoms with E-state index in [1.807, 2.05) is 60.4 Å². The molecule has 0 spiro atoms. The fourth-order valence-corrected chi connectivity index (χ4v) is 4.38. The molecule has 1 saturated heterocycles. The number of carbonyl (C=O) groups excluding carboxylic acids is 2. The van der Waals surface area contributed by atoms with Crippen LogP contribution in [0.5, 0.6) is 0 Å². The Labute approximate surface area is 183 Å². The third kappa shape index (κ3) is 4.76. The molecule has 3 aromatic rings. The molecule has 1 aliphatic heterocycles. The van der Waals surface area contributed by atoms with Crippen LogP contribution in [0, 0.1) is 18.8 Å². The summed E-state index contributed by atoms with van der Waals surface area (Å²) in [6.07, 6.45) is 1.12. The van der Waals surface area contributed by atoms with Gasteiger partial charge in [-0.15, -0.1) is 0 Å². The van der Waals surface area contributed by atoms with Crippen LogP contribution in [0.2, 0.25) is 0 Å². The van der Waals surface area contributed by atoms with E-state index >= 15 is 0 Å². The Morgan fingerprint density at radius 1 is 1.03 bits per heavy atom. The zero-order valence-corrected chi connectivity index (χ0v) is 18.3. The Bertz CT molecular complexity index is 1100. The number of rotatable bonds is 4. The molecule has 0 radical (unpaired) electrons. The summed E-state index contributed by atoms with van der Waals surface area (Å²) in [6.45, 7) is 7.53. The van der Waals surface area contributed by atoms with Crippen LogP contribution in [0.4, 0.5) is 0 Å². The van der Waals surface area contributed by atoms with Gasteiger partial charge in [0.05, 0.1) is 16.8 Å². The largest absolute Gasteiger partial charge is 0.452 e. The molecule has 0 bridgehead atoms. The highest BCUT2D eigenvalue weighted by molar-refractivity contribution is 6.05. The van der Waals surface area contributed by atoms with Gasteiger partial charge in [0.25, 0.3) is 5.91 Å². The van der Waals surface area contributed by atoms with E-state index in [9.17, 15) is 9.59 Å². The van der Waals surface area contributed by atoms with Crippen LogP contribution in [0.15, 0.2) is 54.6 Å². The Kier molecular flexibility index (Phi) is 6.03. The molecule has 31 heavy (non-hydrogen) atoms. The van der Waals surface area contributed by atoms with Crippen LogP contribution in [0.1, 0.15) is 36.2 Å². The quantitative estimate of drug-likeness (QED) is 0.569. The highest BCUT2D eigenvalue weighted by Gasteiger charge is 2.26. The topological polar surface area (TPSA) is 59.5 Å². The number of amides is 1. The van der Waals surface area contributed by atoms with Crippen molar-refractivity contribution in [3.05, 3.63) is 65.7 Å². The smallest absolute Gasteiger partial charge is 0.339 e. The zero-order valence-electron chi connectivity index (χ0n) is 18.3.